The lowest BCUT2D eigenvalue weighted by Gasteiger charge is -2.11. The maximum atomic E-state index is 12.6. The van der Waals surface area contributed by atoms with Gasteiger partial charge in [0.25, 0.3) is 0 Å². The second-order valence-corrected chi connectivity index (χ2v) is 7.76. The summed E-state index contributed by atoms with van der Waals surface area (Å²) in [6, 6.07) is 17.2. The van der Waals surface area contributed by atoms with E-state index in [0.29, 0.717) is 28.2 Å². The Morgan fingerprint density at radius 3 is 2.09 bits per heavy atom. The quantitative estimate of drug-likeness (QED) is 0.237. The Balaban J connectivity index is 1.48. The molecule has 0 radical (unpaired) electrons. The lowest BCUT2D eigenvalue weighted by atomic mass is 10.1. The molecule has 0 unspecified atom stereocenters. The number of hydrogen-bond donors (Lipinski definition) is 0. The first-order chi connectivity index (χ1) is 15.9. The van der Waals surface area contributed by atoms with Crippen LogP contribution in [0.5, 0.6) is 17.2 Å². The summed E-state index contributed by atoms with van der Waals surface area (Å²) in [5, 5.41) is 0. The zero-order valence-corrected chi connectivity index (χ0v) is 18.5. The Morgan fingerprint density at radius 2 is 1.48 bits per heavy atom. The average molecular weight is 442 g/mol. The summed E-state index contributed by atoms with van der Waals surface area (Å²) < 4.78 is 16.3. The van der Waals surface area contributed by atoms with Gasteiger partial charge in [-0.25, -0.2) is 4.79 Å². The molecule has 6 nitrogen and oxygen atoms in total. The molecule has 0 saturated heterocycles. The first-order valence-corrected chi connectivity index (χ1v) is 10.4. The van der Waals surface area contributed by atoms with Gasteiger partial charge >= 0.3 is 5.97 Å². The van der Waals surface area contributed by atoms with Crippen LogP contribution in [0.3, 0.4) is 0 Å². The monoisotopic (exact) mass is 442 g/mol. The predicted octanol–water partition coefficient (Wildman–Crippen LogP) is 4.76. The first kappa shape index (κ1) is 22.0. The molecule has 1 aliphatic rings. The third kappa shape index (κ3) is 4.70. The summed E-state index contributed by atoms with van der Waals surface area (Å²) >= 11 is 0. The molecule has 4 rings (SSSR count). The minimum absolute atomic E-state index is 0.0878. The molecule has 0 spiro atoms. The van der Waals surface area contributed by atoms with Crippen molar-refractivity contribution in [3.63, 3.8) is 0 Å². The van der Waals surface area contributed by atoms with Crippen LogP contribution in [0, 0.1) is 13.8 Å². The molecular formula is C27H22O6. The van der Waals surface area contributed by atoms with Crippen LogP contribution in [0.4, 0.5) is 0 Å². The number of methoxy groups -OCH3 is 1. The van der Waals surface area contributed by atoms with Gasteiger partial charge in [-0.2, -0.15) is 0 Å². The number of ketones is 2. The lowest BCUT2D eigenvalue weighted by molar-refractivity contribution is -0.136. The van der Waals surface area contributed by atoms with Gasteiger partial charge in [-0.1, -0.05) is 36.4 Å². The highest BCUT2D eigenvalue weighted by molar-refractivity contribution is 6.41. The molecule has 6 heteroatoms. The van der Waals surface area contributed by atoms with Crippen LogP contribution in [0.2, 0.25) is 0 Å². The molecule has 0 aliphatic heterocycles. The van der Waals surface area contributed by atoms with E-state index in [9.17, 15) is 14.4 Å². The maximum absolute atomic E-state index is 12.6. The third-order valence-electron chi connectivity index (χ3n) is 5.18. The van der Waals surface area contributed by atoms with Gasteiger partial charge < -0.3 is 14.2 Å². The van der Waals surface area contributed by atoms with Crippen LogP contribution < -0.4 is 14.2 Å². The highest BCUT2D eigenvalue weighted by Gasteiger charge is 2.32. The smallest absolute Gasteiger partial charge is 0.349 e. The minimum Gasteiger partial charge on any atom is -0.493 e. The van der Waals surface area contributed by atoms with Crippen molar-refractivity contribution in [2.24, 2.45) is 0 Å². The van der Waals surface area contributed by atoms with E-state index in [1.165, 1.54) is 13.2 Å². The van der Waals surface area contributed by atoms with E-state index in [1.807, 2.05) is 32.0 Å². The fourth-order valence-electron chi connectivity index (χ4n) is 3.74. The number of rotatable bonds is 6. The van der Waals surface area contributed by atoms with Crippen LogP contribution in [-0.4, -0.2) is 31.3 Å². The van der Waals surface area contributed by atoms with Crippen LogP contribution >= 0.6 is 0 Å². The number of carbonyl (C=O) groups excluding carboxylic acids is 3. The number of hydrogen-bond acceptors (Lipinski definition) is 6. The summed E-state index contributed by atoms with van der Waals surface area (Å²) in [5.74, 6) is -0.122. The van der Waals surface area contributed by atoms with Crippen molar-refractivity contribution in [2.75, 3.05) is 13.7 Å². The average Bonchev–Trinajstić information content (AvgIpc) is 3.03. The third-order valence-corrected chi connectivity index (χ3v) is 5.18. The molecule has 0 atom stereocenters. The fraction of sp³-hybridized carbons (Fsp3) is 0.148. The largest absolute Gasteiger partial charge is 0.493 e. The Morgan fingerprint density at radius 1 is 0.848 bits per heavy atom. The number of aryl methyl sites for hydroxylation is 2. The normalized spacial score (nSPS) is 12.4. The molecule has 0 amide bonds. The van der Waals surface area contributed by atoms with Crippen molar-refractivity contribution in [2.45, 2.75) is 13.8 Å². The van der Waals surface area contributed by atoms with Crippen LogP contribution in [-0.2, 0) is 4.79 Å². The molecule has 0 fully saturated rings. The number of Topliss-reactive ketones (excluding diaryl/α,β-unsaturated/α-hetero) is 2. The van der Waals surface area contributed by atoms with E-state index >= 15 is 0 Å². The van der Waals surface area contributed by atoms with Crippen molar-refractivity contribution in [1.29, 1.82) is 0 Å². The van der Waals surface area contributed by atoms with Crippen LogP contribution in [0.25, 0.3) is 6.08 Å². The molecule has 0 aromatic heterocycles. The van der Waals surface area contributed by atoms with E-state index < -0.39 is 5.97 Å². The lowest BCUT2D eigenvalue weighted by Crippen LogP contribution is -2.18. The van der Waals surface area contributed by atoms with Gasteiger partial charge in [0, 0.05) is 11.1 Å². The predicted molar refractivity (Wildman–Crippen MR) is 123 cm³/mol. The Kier molecular flexibility index (Phi) is 6.09. The standard InChI is InChI=1S/C27H22O6/c1-16-10-17(2)12-19(11-16)32-15-25(28)33-23-9-8-18(14-24(23)31-3)13-22-26(29)20-6-4-5-7-21(20)27(22)30/h4-14H,15H2,1-3H3. The second kappa shape index (κ2) is 9.12. The number of ether oxygens (including phenoxy) is 3. The highest BCUT2D eigenvalue weighted by Crippen LogP contribution is 2.32. The van der Waals surface area contributed by atoms with Gasteiger partial charge in [-0.05, 0) is 60.9 Å². The van der Waals surface area contributed by atoms with Gasteiger partial charge in [-0.3, -0.25) is 9.59 Å². The van der Waals surface area contributed by atoms with Gasteiger partial charge in [0.05, 0.1) is 12.7 Å². The topological polar surface area (TPSA) is 78.9 Å². The van der Waals surface area contributed by atoms with E-state index in [1.54, 1.807) is 42.5 Å². The van der Waals surface area contributed by atoms with Crippen molar-refractivity contribution in [3.05, 3.63) is 94.1 Å². The molecule has 3 aromatic carbocycles. The summed E-state index contributed by atoms with van der Waals surface area (Å²) in [4.78, 5) is 37.5. The summed E-state index contributed by atoms with van der Waals surface area (Å²) in [7, 11) is 1.44. The van der Waals surface area contributed by atoms with Gasteiger partial charge in [0.15, 0.2) is 29.7 Å². The number of fused-ring (bicyclic) bond motifs is 1. The molecule has 0 bridgehead atoms. The van der Waals surface area contributed by atoms with Gasteiger partial charge in [0.1, 0.15) is 5.75 Å². The second-order valence-electron chi connectivity index (χ2n) is 7.76. The number of carbonyl (C=O) groups is 3. The molecule has 0 saturated carbocycles. The molecule has 0 N–H and O–H groups in total. The molecule has 166 valence electrons. The Labute approximate surface area is 191 Å². The van der Waals surface area contributed by atoms with E-state index in [2.05, 4.69) is 0 Å². The number of allylic oxidation sites excluding steroid dienone is 1. The Bertz CT molecular complexity index is 1240. The minimum atomic E-state index is -0.588. The van der Waals surface area contributed by atoms with Crippen molar-refractivity contribution in [3.8, 4) is 17.2 Å². The molecular weight excluding hydrogens is 420 g/mol. The molecule has 33 heavy (non-hydrogen) atoms. The fourth-order valence-corrected chi connectivity index (χ4v) is 3.74. The van der Waals surface area contributed by atoms with Gasteiger partial charge in [-0.15, -0.1) is 0 Å². The number of benzene rings is 3. The van der Waals surface area contributed by atoms with E-state index in [4.69, 9.17) is 14.2 Å². The van der Waals surface area contributed by atoms with Crippen molar-refractivity contribution in [1.82, 2.24) is 0 Å². The van der Waals surface area contributed by atoms with Crippen LogP contribution in [0.15, 0.2) is 66.2 Å². The SMILES string of the molecule is COc1cc(C=C2C(=O)c3ccccc3C2=O)ccc1OC(=O)COc1cc(C)cc(C)c1. The molecule has 3 aromatic rings. The van der Waals surface area contributed by atoms with Crippen molar-refractivity contribution >= 4 is 23.6 Å². The van der Waals surface area contributed by atoms with Crippen LogP contribution in [0.1, 0.15) is 37.4 Å². The first-order valence-electron chi connectivity index (χ1n) is 10.4. The molecule has 0 heterocycles. The van der Waals surface area contributed by atoms with Gasteiger partial charge in [0.2, 0.25) is 0 Å². The number of esters is 1. The summed E-state index contributed by atoms with van der Waals surface area (Å²) in [5.41, 5.74) is 3.52. The summed E-state index contributed by atoms with van der Waals surface area (Å²) in [6.45, 7) is 3.63. The van der Waals surface area contributed by atoms with E-state index in [-0.39, 0.29) is 29.5 Å². The summed E-state index contributed by atoms with van der Waals surface area (Å²) in [6.07, 6.45) is 1.52. The maximum Gasteiger partial charge on any atom is 0.349 e. The van der Waals surface area contributed by atoms with Crippen molar-refractivity contribution < 1.29 is 28.6 Å². The zero-order chi connectivity index (χ0) is 23.5. The Hall–Kier alpha value is -4.19. The highest BCUT2D eigenvalue weighted by atomic mass is 16.6. The van der Waals surface area contributed by atoms with E-state index in [0.717, 1.165) is 11.1 Å². The molecule has 1 aliphatic carbocycles. The zero-order valence-electron chi connectivity index (χ0n) is 18.5.